The van der Waals surface area contributed by atoms with Crippen molar-refractivity contribution < 1.29 is 19.1 Å². The van der Waals surface area contributed by atoms with E-state index in [9.17, 15) is 9.59 Å². The zero-order valence-electron chi connectivity index (χ0n) is 8.74. The second-order valence-corrected chi connectivity index (χ2v) is 3.98. The van der Waals surface area contributed by atoms with Crippen LogP contribution in [0, 0.1) is 5.92 Å². The van der Waals surface area contributed by atoms with Crippen LogP contribution < -0.4 is 0 Å². The Balaban J connectivity index is 4.11. The number of rotatable bonds is 6. The molecule has 82 valence electrons. The maximum Gasteiger partial charge on any atom is 0.320 e. The zero-order valence-corrected chi connectivity index (χ0v) is 9.56. The van der Waals surface area contributed by atoms with E-state index in [1.807, 2.05) is 6.92 Å². The van der Waals surface area contributed by atoms with Crippen LogP contribution in [0.15, 0.2) is 0 Å². The van der Waals surface area contributed by atoms with Gasteiger partial charge in [-0.05, 0) is 17.9 Å². The molecule has 4 nitrogen and oxygen atoms in total. The lowest BCUT2D eigenvalue weighted by Crippen LogP contribution is -2.27. The molecule has 5 heteroatoms. The van der Waals surface area contributed by atoms with Crippen molar-refractivity contribution in [3.8, 4) is 0 Å². The van der Waals surface area contributed by atoms with E-state index < -0.39 is 17.9 Å². The predicted molar refractivity (Wildman–Crippen MR) is 55.1 cm³/mol. The van der Waals surface area contributed by atoms with Crippen molar-refractivity contribution in [1.29, 1.82) is 0 Å². The molecule has 0 radical (unpaired) electrons. The summed E-state index contributed by atoms with van der Waals surface area (Å²) in [6, 6.07) is 0. The Bertz CT molecular complexity index is 177. The molecule has 0 aliphatic rings. The van der Waals surface area contributed by atoms with Crippen LogP contribution in [0.4, 0.5) is 0 Å². The summed E-state index contributed by atoms with van der Waals surface area (Å²) in [5, 5.41) is 0. The third-order valence-corrected chi connectivity index (χ3v) is 2.66. The molecule has 0 atom stereocenters. The van der Waals surface area contributed by atoms with Crippen LogP contribution in [-0.2, 0) is 19.1 Å². The maximum atomic E-state index is 11.2. The highest BCUT2D eigenvalue weighted by Crippen LogP contribution is 2.12. The van der Waals surface area contributed by atoms with Crippen molar-refractivity contribution in [2.24, 2.45) is 5.92 Å². The Kier molecular flexibility index (Phi) is 7.28. The summed E-state index contributed by atoms with van der Waals surface area (Å²) in [5.74, 6) is -0.0911. The molecule has 0 N–H and O–H groups in total. The third kappa shape index (κ3) is 4.50. The van der Waals surface area contributed by atoms with Crippen molar-refractivity contribution in [3.05, 3.63) is 0 Å². The van der Waals surface area contributed by atoms with Crippen molar-refractivity contribution in [2.75, 3.05) is 25.7 Å². The summed E-state index contributed by atoms with van der Waals surface area (Å²) in [5.41, 5.74) is 0. The lowest BCUT2D eigenvalue weighted by Gasteiger charge is -2.11. The summed E-state index contributed by atoms with van der Waals surface area (Å²) in [6.45, 7) is 2.02. The molecular formula is C9H16O4S. The number of hydrogen-bond donors (Lipinski definition) is 0. The normalized spacial score (nSPS) is 10.0. The van der Waals surface area contributed by atoms with E-state index in [2.05, 4.69) is 9.47 Å². The molecule has 0 fully saturated rings. The van der Waals surface area contributed by atoms with Gasteiger partial charge < -0.3 is 9.47 Å². The molecular weight excluding hydrogens is 204 g/mol. The largest absolute Gasteiger partial charge is 0.468 e. The molecule has 0 amide bonds. The predicted octanol–water partition coefficient (Wildman–Crippen LogP) is 1.09. The summed E-state index contributed by atoms with van der Waals surface area (Å²) in [4.78, 5) is 22.3. The summed E-state index contributed by atoms with van der Waals surface area (Å²) < 4.78 is 9.03. The van der Waals surface area contributed by atoms with Crippen LogP contribution in [0.25, 0.3) is 0 Å². The van der Waals surface area contributed by atoms with Crippen LogP contribution in [0.5, 0.6) is 0 Å². The standard InChI is InChI=1S/C9H16O4S/c1-4-14-6-5-7(8(10)12-2)9(11)13-3/h7H,4-6H2,1-3H3. The van der Waals surface area contributed by atoms with E-state index in [0.29, 0.717) is 6.42 Å². The van der Waals surface area contributed by atoms with Gasteiger partial charge in [0.2, 0.25) is 0 Å². The zero-order chi connectivity index (χ0) is 11.0. The number of hydrogen-bond acceptors (Lipinski definition) is 5. The van der Waals surface area contributed by atoms with Crippen molar-refractivity contribution in [2.45, 2.75) is 13.3 Å². The summed E-state index contributed by atoms with van der Waals surface area (Å²) in [7, 11) is 2.54. The van der Waals surface area contributed by atoms with Crippen molar-refractivity contribution in [1.82, 2.24) is 0 Å². The number of carbonyl (C=O) groups excluding carboxylic acids is 2. The molecule has 14 heavy (non-hydrogen) atoms. The van der Waals surface area contributed by atoms with Gasteiger partial charge in [-0.1, -0.05) is 6.92 Å². The van der Waals surface area contributed by atoms with Gasteiger partial charge in [0, 0.05) is 0 Å². The van der Waals surface area contributed by atoms with Gasteiger partial charge in [0.05, 0.1) is 14.2 Å². The van der Waals surface area contributed by atoms with Crippen molar-refractivity contribution >= 4 is 23.7 Å². The second-order valence-electron chi connectivity index (χ2n) is 2.58. The Morgan fingerprint density at radius 3 is 2.07 bits per heavy atom. The first kappa shape index (κ1) is 13.3. The van der Waals surface area contributed by atoms with Gasteiger partial charge in [0.1, 0.15) is 0 Å². The van der Waals surface area contributed by atoms with E-state index in [1.165, 1.54) is 14.2 Å². The molecule has 0 aromatic heterocycles. The molecule has 0 spiro atoms. The molecule has 0 heterocycles. The Hall–Kier alpha value is -0.710. The molecule has 0 saturated carbocycles. The van der Waals surface area contributed by atoms with E-state index in [0.717, 1.165) is 11.5 Å². The fourth-order valence-corrected chi connectivity index (χ4v) is 1.65. The summed E-state index contributed by atoms with van der Waals surface area (Å²) >= 11 is 1.68. The van der Waals surface area contributed by atoms with Gasteiger partial charge in [-0.25, -0.2) is 0 Å². The SMILES string of the molecule is CCSCCC(C(=O)OC)C(=O)OC. The quantitative estimate of drug-likeness (QED) is 0.381. The van der Waals surface area contributed by atoms with Gasteiger partial charge >= 0.3 is 11.9 Å². The van der Waals surface area contributed by atoms with Crippen LogP contribution in [0.1, 0.15) is 13.3 Å². The Labute approximate surface area is 88.3 Å². The van der Waals surface area contributed by atoms with Gasteiger partial charge in [0.25, 0.3) is 0 Å². The molecule has 0 aliphatic heterocycles. The Morgan fingerprint density at radius 2 is 1.71 bits per heavy atom. The van der Waals surface area contributed by atoms with Crippen LogP contribution >= 0.6 is 11.8 Å². The summed E-state index contributed by atoms with van der Waals surface area (Å²) in [6.07, 6.45) is 0.470. The number of methoxy groups -OCH3 is 2. The average molecular weight is 220 g/mol. The highest BCUT2D eigenvalue weighted by atomic mass is 32.2. The minimum absolute atomic E-state index is 0.470. The van der Waals surface area contributed by atoms with Crippen LogP contribution in [-0.4, -0.2) is 37.7 Å². The smallest absolute Gasteiger partial charge is 0.320 e. The lowest BCUT2D eigenvalue weighted by molar-refractivity contribution is -0.158. The molecule has 0 saturated heterocycles. The highest BCUT2D eigenvalue weighted by molar-refractivity contribution is 7.99. The first-order valence-corrected chi connectivity index (χ1v) is 5.56. The number of esters is 2. The molecule has 0 aliphatic carbocycles. The fourth-order valence-electron chi connectivity index (χ4n) is 0.962. The second kappa shape index (κ2) is 7.67. The van der Waals surface area contributed by atoms with E-state index in [4.69, 9.17) is 0 Å². The van der Waals surface area contributed by atoms with E-state index >= 15 is 0 Å². The van der Waals surface area contributed by atoms with Crippen molar-refractivity contribution in [3.63, 3.8) is 0 Å². The average Bonchev–Trinajstić information content (AvgIpc) is 2.22. The fraction of sp³-hybridized carbons (Fsp3) is 0.778. The molecule has 0 aromatic rings. The van der Waals surface area contributed by atoms with E-state index in [-0.39, 0.29) is 0 Å². The Morgan fingerprint density at radius 1 is 1.21 bits per heavy atom. The number of carbonyl (C=O) groups is 2. The molecule has 0 unspecified atom stereocenters. The number of ether oxygens (including phenoxy) is 2. The molecule has 0 aromatic carbocycles. The van der Waals surface area contributed by atoms with Gasteiger partial charge in [0.15, 0.2) is 5.92 Å². The van der Waals surface area contributed by atoms with Crippen LogP contribution in [0.3, 0.4) is 0 Å². The van der Waals surface area contributed by atoms with Gasteiger partial charge in [-0.2, -0.15) is 11.8 Å². The first-order valence-electron chi connectivity index (χ1n) is 4.40. The topological polar surface area (TPSA) is 52.6 Å². The first-order chi connectivity index (χ1) is 6.67. The third-order valence-electron chi connectivity index (χ3n) is 1.73. The van der Waals surface area contributed by atoms with Crippen LogP contribution in [0.2, 0.25) is 0 Å². The highest BCUT2D eigenvalue weighted by Gasteiger charge is 2.27. The monoisotopic (exact) mass is 220 g/mol. The molecule has 0 rings (SSSR count). The van der Waals surface area contributed by atoms with Gasteiger partial charge in [-0.3, -0.25) is 9.59 Å². The minimum Gasteiger partial charge on any atom is -0.468 e. The van der Waals surface area contributed by atoms with Gasteiger partial charge in [-0.15, -0.1) is 0 Å². The number of thioether (sulfide) groups is 1. The minimum atomic E-state index is -0.774. The maximum absolute atomic E-state index is 11.2. The van der Waals surface area contributed by atoms with E-state index in [1.54, 1.807) is 11.8 Å². The molecule has 0 bridgehead atoms. The lowest BCUT2D eigenvalue weighted by atomic mass is 10.1.